The van der Waals surface area contributed by atoms with Gasteiger partial charge in [-0.25, -0.2) is 4.39 Å². The summed E-state index contributed by atoms with van der Waals surface area (Å²) in [7, 11) is 0. The summed E-state index contributed by atoms with van der Waals surface area (Å²) in [4.78, 5) is 0. The van der Waals surface area contributed by atoms with Crippen molar-refractivity contribution in [2.24, 2.45) is 0 Å². The Labute approximate surface area is 148 Å². The van der Waals surface area contributed by atoms with Crippen LogP contribution in [-0.4, -0.2) is 14.8 Å². The third kappa shape index (κ3) is 3.17. The number of hydrogen-bond acceptors (Lipinski definition) is 4. The van der Waals surface area contributed by atoms with E-state index in [1.165, 1.54) is 12.1 Å². The highest BCUT2D eigenvalue weighted by Gasteiger charge is 2.16. The first-order valence-corrected chi connectivity index (χ1v) is 9.02. The van der Waals surface area contributed by atoms with Gasteiger partial charge >= 0.3 is 0 Å². The van der Waals surface area contributed by atoms with E-state index in [1.807, 2.05) is 34.9 Å². The van der Waals surface area contributed by atoms with Crippen LogP contribution in [0.15, 0.2) is 64.2 Å². The van der Waals surface area contributed by atoms with Crippen LogP contribution < -0.4 is 0 Å². The van der Waals surface area contributed by atoms with Gasteiger partial charge in [-0.15, -0.1) is 10.2 Å². The van der Waals surface area contributed by atoms with E-state index in [2.05, 4.69) is 17.1 Å². The lowest BCUT2D eigenvalue weighted by Crippen LogP contribution is -1.99. The Balaban J connectivity index is 1.61. The van der Waals surface area contributed by atoms with Gasteiger partial charge < -0.3 is 4.42 Å². The van der Waals surface area contributed by atoms with Gasteiger partial charge in [0.15, 0.2) is 10.9 Å². The van der Waals surface area contributed by atoms with E-state index in [0.717, 1.165) is 34.1 Å². The van der Waals surface area contributed by atoms with E-state index in [4.69, 9.17) is 4.42 Å². The number of para-hydroxylation sites is 1. The van der Waals surface area contributed by atoms with Crippen molar-refractivity contribution < 1.29 is 8.81 Å². The lowest BCUT2D eigenvalue weighted by Gasteiger charge is -2.05. The molecule has 4 nitrogen and oxygen atoms in total. The largest absolute Gasteiger partial charge is 0.453 e. The SMILES string of the molecule is CCn1c(SCc2ccc(F)cc2)nnc1-c1cc2ccccc2o1. The van der Waals surface area contributed by atoms with Crippen LogP contribution >= 0.6 is 11.8 Å². The van der Waals surface area contributed by atoms with Crippen molar-refractivity contribution in [3.63, 3.8) is 0 Å². The topological polar surface area (TPSA) is 43.9 Å². The Morgan fingerprint density at radius 3 is 2.64 bits per heavy atom. The van der Waals surface area contributed by atoms with Crippen LogP contribution in [0.3, 0.4) is 0 Å². The number of halogens is 1. The van der Waals surface area contributed by atoms with Crippen molar-refractivity contribution in [2.45, 2.75) is 24.4 Å². The predicted octanol–water partition coefficient (Wildman–Crippen LogP) is 5.14. The van der Waals surface area contributed by atoms with Crippen LogP contribution in [0.5, 0.6) is 0 Å². The second kappa shape index (κ2) is 6.72. The molecule has 2 aromatic heterocycles. The third-order valence-corrected chi connectivity index (χ3v) is 5.00. The molecule has 0 unspecified atom stereocenters. The molecule has 2 heterocycles. The average Bonchev–Trinajstić information content (AvgIpc) is 3.24. The van der Waals surface area contributed by atoms with Crippen LogP contribution in [0.25, 0.3) is 22.6 Å². The molecule has 0 N–H and O–H groups in total. The Morgan fingerprint density at radius 1 is 1.08 bits per heavy atom. The van der Waals surface area contributed by atoms with E-state index >= 15 is 0 Å². The maximum Gasteiger partial charge on any atom is 0.200 e. The average molecular weight is 353 g/mol. The Hall–Kier alpha value is -2.60. The third-order valence-electron chi connectivity index (χ3n) is 3.96. The normalized spacial score (nSPS) is 11.3. The minimum atomic E-state index is -0.224. The van der Waals surface area contributed by atoms with Crippen LogP contribution in [-0.2, 0) is 12.3 Å². The van der Waals surface area contributed by atoms with Crippen LogP contribution in [0.1, 0.15) is 12.5 Å². The second-order valence-electron chi connectivity index (χ2n) is 5.61. The van der Waals surface area contributed by atoms with Gasteiger partial charge in [-0.05, 0) is 36.8 Å². The summed E-state index contributed by atoms with van der Waals surface area (Å²) in [5, 5.41) is 10.5. The predicted molar refractivity (Wildman–Crippen MR) is 96.9 cm³/mol. The Morgan fingerprint density at radius 2 is 1.88 bits per heavy atom. The van der Waals surface area contributed by atoms with E-state index < -0.39 is 0 Å². The molecule has 25 heavy (non-hydrogen) atoms. The smallest absolute Gasteiger partial charge is 0.200 e. The fourth-order valence-corrected chi connectivity index (χ4v) is 3.64. The number of hydrogen-bond donors (Lipinski definition) is 0. The molecule has 6 heteroatoms. The summed E-state index contributed by atoms with van der Waals surface area (Å²) in [6, 6.07) is 16.4. The van der Waals surface area contributed by atoms with Gasteiger partial charge in [0.25, 0.3) is 0 Å². The number of fused-ring (bicyclic) bond motifs is 1. The van der Waals surface area contributed by atoms with Crippen molar-refractivity contribution in [3.05, 3.63) is 66.0 Å². The molecule has 0 radical (unpaired) electrons. The van der Waals surface area contributed by atoms with Crippen molar-refractivity contribution >= 4 is 22.7 Å². The minimum Gasteiger partial charge on any atom is -0.453 e. The molecule has 0 saturated heterocycles. The zero-order chi connectivity index (χ0) is 17.2. The molecule has 2 aromatic carbocycles. The highest BCUT2D eigenvalue weighted by molar-refractivity contribution is 7.98. The number of furan rings is 1. The molecule has 0 aliphatic heterocycles. The standard InChI is InChI=1S/C19H16FN3OS/c1-2-23-18(17-11-14-5-3-4-6-16(14)24-17)21-22-19(23)25-12-13-7-9-15(20)10-8-13/h3-11H,2,12H2,1H3. The minimum absolute atomic E-state index is 0.224. The molecule has 0 saturated carbocycles. The first kappa shape index (κ1) is 15.9. The highest BCUT2D eigenvalue weighted by Crippen LogP contribution is 2.30. The molecule has 126 valence electrons. The summed E-state index contributed by atoms with van der Waals surface area (Å²) >= 11 is 1.58. The summed E-state index contributed by atoms with van der Waals surface area (Å²) in [5.74, 6) is 1.92. The first-order valence-electron chi connectivity index (χ1n) is 8.04. The van der Waals surface area contributed by atoms with Gasteiger partial charge in [0.2, 0.25) is 5.82 Å². The van der Waals surface area contributed by atoms with E-state index in [1.54, 1.807) is 23.9 Å². The van der Waals surface area contributed by atoms with Crippen LogP contribution in [0.4, 0.5) is 4.39 Å². The Kier molecular flexibility index (Phi) is 4.28. The second-order valence-corrected chi connectivity index (χ2v) is 6.56. The number of benzene rings is 2. The number of nitrogens with zero attached hydrogens (tertiary/aromatic N) is 3. The van der Waals surface area contributed by atoms with E-state index in [9.17, 15) is 4.39 Å². The van der Waals surface area contributed by atoms with Gasteiger partial charge in [0, 0.05) is 17.7 Å². The maximum absolute atomic E-state index is 13.0. The van der Waals surface area contributed by atoms with Crippen molar-refractivity contribution in [3.8, 4) is 11.6 Å². The fourth-order valence-electron chi connectivity index (χ4n) is 2.68. The molecule has 0 fully saturated rings. The number of aromatic nitrogens is 3. The van der Waals surface area contributed by atoms with Crippen LogP contribution in [0.2, 0.25) is 0 Å². The van der Waals surface area contributed by atoms with Gasteiger partial charge in [-0.2, -0.15) is 0 Å². The van der Waals surface area contributed by atoms with Gasteiger partial charge in [0.1, 0.15) is 11.4 Å². The molecule has 0 spiro atoms. The molecular weight excluding hydrogens is 337 g/mol. The molecule has 0 aliphatic rings. The van der Waals surface area contributed by atoms with Crippen LogP contribution in [0, 0.1) is 5.82 Å². The van der Waals surface area contributed by atoms with Gasteiger partial charge in [0.05, 0.1) is 0 Å². The van der Waals surface area contributed by atoms with E-state index in [-0.39, 0.29) is 5.82 Å². The monoisotopic (exact) mass is 353 g/mol. The highest BCUT2D eigenvalue weighted by atomic mass is 32.2. The molecular formula is C19H16FN3OS. The Bertz CT molecular complexity index is 974. The van der Waals surface area contributed by atoms with Crippen molar-refractivity contribution in [2.75, 3.05) is 0 Å². The lowest BCUT2D eigenvalue weighted by atomic mass is 10.2. The zero-order valence-electron chi connectivity index (χ0n) is 13.6. The van der Waals surface area contributed by atoms with Crippen molar-refractivity contribution in [1.29, 1.82) is 0 Å². The first-order chi connectivity index (χ1) is 12.2. The molecule has 0 atom stereocenters. The zero-order valence-corrected chi connectivity index (χ0v) is 14.5. The van der Waals surface area contributed by atoms with Crippen molar-refractivity contribution in [1.82, 2.24) is 14.8 Å². The fraction of sp³-hybridized carbons (Fsp3) is 0.158. The molecule has 0 aliphatic carbocycles. The molecule has 0 bridgehead atoms. The summed E-state index contributed by atoms with van der Waals surface area (Å²) in [6.07, 6.45) is 0. The summed E-state index contributed by atoms with van der Waals surface area (Å²) < 4.78 is 20.9. The van der Waals surface area contributed by atoms with Gasteiger partial charge in [-0.3, -0.25) is 4.57 Å². The summed E-state index contributed by atoms with van der Waals surface area (Å²) in [6.45, 7) is 2.79. The lowest BCUT2D eigenvalue weighted by molar-refractivity contribution is 0.607. The number of thioether (sulfide) groups is 1. The van der Waals surface area contributed by atoms with E-state index in [0.29, 0.717) is 11.5 Å². The molecule has 4 aromatic rings. The van der Waals surface area contributed by atoms with Gasteiger partial charge in [-0.1, -0.05) is 42.1 Å². The molecule has 0 amide bonds. The maximum atomic E-state index is 13.0. The molecule has 4 rings (SSSR count). The number of rotatable bonds is 5. The quantitative estimate of drug-likeness (QED) is 0.466. The summed E-state index contributed by atoms with van der Waals surface area (Å²) in [5.41, 5.74) is 1.88.